The van der Waals surface area contributed by atoms with Crippen LogP contribution in [0.1, 0.15) is 18.4 Å². The van der Waals surface area contributed by atoms with Crippen LogP contribution in [0.2, 0.25) is 0 Å². The molecule has 0 saturated carbocycles. The average Bonchev–Trinajstić information content (AvgIpc) is 2.39. The van der Waals surface area contributed by atoms with Crippen molar-refractivity contribution in [2.24, 2.45) is 5.41 Å². The van der Waals surface area contributed by atoms with Crippen molar-refractivity contribution in [3.63, 3.8) is 0 Å². The Morgan fingerprint density at radius 2 is 2.10 bits per heavy atom. The topological polar surface area (TPSA) is 24.5 Å². The molecule has 1 aromatic rings. The number of hydrogen-bond donors (Lipinski definition) is 1. The first kappa shape index (κ1) is 15.4. The van der Waals surface area contributed by atoms with Gasteiger partial charge in [-0.3, -0.25) is 0 Å². The Hall–Kier alpha value is -0.970. The van der Waals surface area contributed by atoms with E-state index in [-0.39, 0.29) is 11.2 Å². The maximum atomic E-state index is 13.2. The van der Waals surface area contributed by atoms with Crippen LogP contribution in [-0.2, 0) is 11.3 Å². The standard InChI is InChI=1S/C16H25FN2O/c1-18-12-16(6-8-20-9-7-16)13-19(2)11-14-4-3-5-15(17)10-14/h3-5,10,18H,6-9,11-13H2,1-2H3. The molecule has 0 unspecified atom stereocenters. The van der Waals surface area contributed by atoms with Crippen LogP contribution in [0.15, 0.2) is 24.3 Å². The van der Waals surface area contributed by atoms with Crippen LogP contribution in [0, 0.1) is 11.2 Å². The van der Waals surface area contributed by atoms with Crippen molar-refractivity contribution in [3.8, 4) is 0 Å². The van der Waals surface area contributed by atoms with Crippen molar-refractivity contribution in [2.45, 2.75) is 19.4 Å². The molecule has 3 nitrogen and oxygen atoms in total. The Balaban J connectivity index is 1.95. The predicted molar refractivity (Wildman–Crippen MR) is 79.1 cm³/mol. The number of halogens is 1. The molecule has 0 atom stereocenters. The summed E-state index contributed by atoms with van der Waals surface area (Å²) < 4.78 is 18.7. The summed E-state index contributed by atoms with van der Waals surface area (Å²) in [6.07, 6.45) is 2.17. The smallest absolute Gasteiger partial charge is 0.123 e. The highest BCUT2D eigenvalue weighted by Crippen LogP contribution is 2.31. The van der Waals surface area contributed by atoms with E-state index < -0.39 is 0 Å². The third-order valence-corrected chi connectivity index (χ3v) is 4.05. The van der Waals surface area contributed by atoms with Gasteiger partial charge in [-0.25, -0.2) is 4.39 Å². The third kappa shape index (κ3) is 4.27. The Kier molecular flexibility index (Phi) is 5.52. The van der Waals surface area contributed by atoms with Gasteiger partial charge in [-0.2, -0.15) is 0 Å². The van der Waals surface area contributed by atoms with Crippen molar-refractivity contribution in [1.29, 1.82) is 0 Å². The van der Waals surface area contributed by atoms with Gasteiger partial charge in [0.05, 0.1) is 0 Å². The van der Waals surface area contributed by atoms with Gasteiger partial charge < -0.3 is 15.0 Å². The van der Waals surface area contributed by atoms with Crippen LogP contribution in [0.3, 0.4) is 0 Å². The molecule has 112 valence electrons. The molecular weight excluding hydrogens is 255 g/mol. The van der Waals surface area contributed by atoms with Gasteiger partial charge in [0.15, 0.2) is 0 Å². The van der Waals surface area contributed by atoms with E-state index in [9.17, 15) is 4.39 Å². The van der Waals surface area contributed by atoms with E-state index in [0.717, 1.165) is 51.3 Å². The fourth-order valence-corrected chi connectivity index (χ4v) is 3.15. The fourth-order valence-electron chi connectivity index (χ4n) is 3.15. The van der Waals surface area contributed by atoms with Crippen LogP contribution >= 0.6 is 0 Å². The lowest BCUT2D eigenvalue weighted by Crippen LogP contribution is -2.45. The highest BCUT2D eigenvalue weighted by molar-refractivity contribution is 5.16. The van der Waals surface area contributed by atoms with E-state index in [1.165, 1.54) is 6.07 Å². The number of hydrogen-bond acceptors (Lipinski definition) is 3. The zero-order valence-corrected chi connectivity index (χ0v) is 12.5. The normalized spacial score (nSPS) is 18.4. The van der Waals surface area contributed by atoms with Crippen LogP contribution in [0.5, 0.6) is 0 Å². The number of nitrogens with zero attached hydrogens (tertiary/aromatic N) is 1. The lowest BCUT2D eigenvalue weighted by Gasteiger charge is -2.40. The number of nitrogens with one attached hydrogen (secondary N) is 1. The monoisotopic (exact) mass is 280 g/mol. The molecule has 1 heterocycles. The van der Waals surface area contributed by atoms with Crippen LogP contribution in [0.25, 0.3) is 0 Å². The van der Waals surface area contributed by atoms with Gasteiger partial charge >= 0.3 is 0 Å². The molecule has 1 N–H and O–H groups in total. The summed E-state index contributed by atoms with van der Waals surface area (Å²) in [6, 6.07) is 6.86. The van der Waals surface area contributed by atoms with Gasteiger partial charge in [0.25, 0.3) is 0 Å². The molecule has 1 fully saturated rings. The zero-order valence-electron chi connectivity index (χ0n) is 12.5. The Morgan fingerprint density at radius 1 is 1.35 bits per heavy atom. The summed E-state index contributed by atoms with van der Waals surface area (Å²) >= 11 is 0. The van der Waals surface area contributed by atoms with Gasteiger partial charge in [0.2, 0.25) is 0 Å². The maximum absolute atomic E-state index is 13.2. The SMILES string of the molecule is CNCC1(CN(C)Cc2cccc(F)c2)CCOCC1. The Labute approximate surface area is 121 Å². The molecule has 20 heavy (non-hydrogen) atoms. The molecular formula is C16H25FN2O. The molecule has 1 aliphatic heterocycles. The first-order valence-electron chi connectivity index (χ1n) is 7.29. The minimum atomic E-state index is -0.160. The molecule has 0 amide bonds. The molecule has 0 spiro atoms. The Bertz CT molecular complexity index is 413. The second-order valence-electron chi connectivity index (χ2n) is 5.94. The van der Waals surface area contributed by atoms with Crippen molar-refractivity contribution >= 4 is 0 Å². The summed E-state index contributed by atoms with van der Waals surface area (Å²) in [6.45, 7) is 4.48. The van der Waals surface area contributed by atoms with Crippen LogP contribution in [-0.4, -0.2) is 45.3 Å². The molecule has 1 saturated heterocycles. The van der Waals surface area contributed by atoms with Crippen LogP contribution < -0.4 is 5.32 Å². The summed E-state index contributed by atoms with van der Waals surface area (Å²) in [5, 5.41) is 3.31. The molecule has 1 aliphatic rings. The molecule has 4 heteroatoms. The Morgan fingerprint density at radius 3 is 2.75 bits per heavy atom. The lowest BCUT2D eigenvalue weighted by atomic mass is 9.79. The minimum Gasteiger partial charge on any atom is -0.381 e. The number of benzene rings is 1. The third-order valence-electron chi connectivity index (χ3n) is 4.05. The zero-order chi connectivity index (χ0) is 14.4. The van der Waals surface area contributed by atoms with E-state index in [1.54, 1.807) is 12.1 Å². The molecule has 0 radical (unpaired) electrons. The highest BCUT2D eigenvalue weighted by Gasteiger charge is 2.33. The summed E-state index contributed by atoms with van der Waals surface area (Å²) in [7, 11) is 4.11. The highest BCUT2D eigenvalue weighted by atomic mass is 19.1. The van der Waals surface area contributed by atoms with Crippen LogP contribution in [0.4, 0.5) is 4.39 Å². The van der Waals surface area contributed by atoms with Crippen molar-refractivity contribution in [2.75, 3.05) is 40.4 Å². The summed E-state index contributed by atoms with van der Waals surface area (Å²) in [5.74, 6) is -0.160. The molecule has 0 bridgehead atoms. The van der Waals surface area contributed by atoms with E-state index >= 15 is 0 Å². The predicted octanol–water partition coefficient (Wildman–Crippen LogP) is 2.27. The average molecular weight is 280 g/mol. The van der Waals surface area contributed by atoms with Gasteiger partial charge in [0.1, 0.15) is 5.82 Å². The van der Waals surface area contributed by atoms with Gasteiger partial charge in [0, 0.05) is 32.8 Å². The second-order valence-corrected chi connectivity index (χ2v) is 5.94. The quantitative estimate of drug-likeness (QED) is 0.865. The van der Waals surface area contributed by atoms with E-state index in [1.807, 2.05) is 13.1 Å². The number of rotatable bonds is 6. The van der Waals surface area contributed by atoms with Crippen molar-refractivity contribution < 1.29 is 9.13 Å². The van der Waals surface area contributed by atoms with Crippen molar-refractivity contribution in [3.05, 3.63) is 35.6 Å². The van der Waals surface area contributed by atoms with E-state index in [2.05, 4.69) is 17.3 Å². The second kappa shape index (κ2) is 7.16. The molecule has 2 rings (SSSR count). The number of ether oxygens (including phenoxy) is 1. The van der Waals surface area contributed by atoms with Gasteiger partial charge in [-0.05, 0) is 50.0 Å². The summed E-state index contributed by atoms with van der Waals surface area (Å²) in [4.78, 5) is 2.29. The van der Waals surface area contributed by atoms with Gasteiger partial charge in [-0.15, -0.1) is 0 Å². The van der Waals surface area contributed by atoms with E-state index in [0.29, 0.717) is 0 Å². The first-order chi connectivity index (χ1) is 9.63. The van der Waals surface area contributed by atoms with Crippen molar-refractivity contribution in [1.82, 2.24) is 10.2 Å². The molecule has 0 aliphatic carbocycles. The maximum Gasteiger partial charge on any atom is 0.123 e. The minimum absolute atomic E-state index is 0.160. The first-order valence-corrected chi connectivity index (χ1v) is 7.29. The lowest BCUT2D eigenvalue weighted by molar-refractivity contribution is -0.000741. The molecule has 1 aromatic carbocycles. The van der Waals surface area contributed by atoms with Gasteiger partial charge in [-0.1, -0.05) is 12.1 Å². The fraction of sp³-hybridized carbons (Fsp3) is 0.625. The largest absolute Gasteiger partial charge is 0.381 e. The summed E-state index contributed by atoms with van der Waals surface area (Å²) in [5.41, 5.74) is 1.30. The van der Waals surface area contributed by atoms with E-state index in [4.69, 9.17) is 4.74 Å². The molecule has 0 aromatic heterocycles.